The summed E-state index contributed by atoms with van der Waals surface area (Å²) in [5.41, 5.74) is 1.01. The van der Waals surface area contributed by atoms with Crippen molar-refractivity contribution in [2.75, 3.05) is 0 Å². The monoisotopic (exact) mass is 485 g/mol. The number of fused-ring (bicyclic) bond motifs is 1. The molecule has 0 aliphatic rings. The van der Waals surface area contributed by atoms with Gasteiger partial charge in [-0.25, -0.2) is 4.98 Å². The summed E-state index contributed by atoms with van der Waals surface area (Å²) in [4.78, 5) is 29.7. The zero-order valence-electron chi connectivity index (χ0n) is 19.1. The van der Waals surface area contributed by atoms with Crippen molar-refractivity contribution in [2.45, 2.75) is 46.0 Å². The molecule has 2 aromatic heterocycles. The molecule has 0 radical (unpaired) electrons. The molecule has 0 saturated heterocycles. The predicted molar refractivity (Wildman–Crippen MR) is 121 cm³/mol. The van der Waals surface area contributed by atoms with Crippen LogP contribution in [0.3, 0.4) is 0 Å². The number of rotatable bonds is 7. The van der Waals surface area contributed by atoms with Crippen molar-refractivity contribution in [1.29, 1.82) is 0 Å². The molecule has 0 bridgehead atoms. The maximum absolute atomic E-state index is 13.3. The number of halogens is 3. The molecule has 10 heteroatoms. The predicted octanol–water partition coefficient (Wildman–Crippen LogP) is 4.74. The fraction of sp³-hybridized carbons (Fsp3) is 0.280. The van der Waals surface area contributed by atoms with Crippen LogP contribution in [-0.2, 0) is 35.3 Å². The Balaban J connectivity index is 1.62. The molecule has 0 unspecified atom stereocenters. The van der Waals surface area contributed by atoms with E-state index < -0.39 is 23.3 Å². The Morgan fingerprint density at radius 3 is 2.51 bits per heavy atom. The number of hydrogen-bond donors (Lipinski definition) is 0. The van der Waals surface area contributed by atoms with E-state index in [0.29, 0.717) is 17.0 Å². The van der Waals surface area contributed by atoms with Crippen molar-refractivity contribution in [1.82, 2.24) is 14.7 Å². The van der Waals surface area contributed by atoms with E-state index in [4.69, 9.17) is 9.26 Å². The van der Waals surface area contributed by atoms with Gasteiger partial charge in [0, 0.05) is 6.42 Å². The quantitative estimate of drug-likeness (QED) is 0.351. The third kappa shape index (κ3) is 5.42. The summed E-state index contributed by atoms with van der Waals surface area (Å²) in [6.45, 7) is 3.54. The molecule has 0 fully saturated rings. The van der Waals surface area contributed by atoms with Gasteiger partial charge in [-0.1, -0.05) is 35.5 Å². The van der Waals surface area contributed by atoms with Gasteiger partial charge in [0.1, 0.15) is 18.1 Å². The highest BCUT2D eigenvalue weighted by atomic mass is 19.4. The number of aryl methyl sites for hydroxylation is 3. The number of hydrogen-bond acceptors (Lipinski definition) is 6. The lowest BCUT2D eigenvalue weighted by molar-refractivity contribution is -0.145. The lowest BCUT2D eigenvalue weighted by atomic mass is 10.1. The van der Waals surface area contributed by atoms with Crippen molar-refractivity contribution in [3.63, 3.8) is 0 Å². The number of aromatic nitrogens is 3. The van der Waals surface area contributed by atoms with E-state index in [1.165, 1.54) is 10.6 Å². The molecule has 0 spiro atoms. The molecule has 4 aromatic rings. The Kier molecular flexibility index (Phi) is 6.72. The molecule has 0 N–H and O–H groups in total. The second-order valence-corrected chi connectivity index (χ2v) is 8.10. The number of nitrogens with zero attached hydrogens (tertiary/aromatic N) is 3. The van der Waals surface area contributed by atoms with Gasteiger partial charge in [0.05, 0.1) is 40.8 Å². The molecule has 35 heavy (non-hydrogen) atoms. The van der Waals surface area contributed by atoms with Crippen molar-refractivity contribution in [3.8, 4) is 0 Å². The van der Waals surface area contributed by atoms with Crippen molar-refractivity contribution in [2.24, 2.45) is 0 Å². The minimum absolute atomic E-state index is 0.0120. The molecule has 2 aromatic carbocycles. The number of carbonyl (C=O) groups is 1. The molecular weight excluding hydrogens is 463 g/mol. The summed E-state index contributed by atoms with van der Waals surface area (Å²) in [6, 6.07) is 12.2. The number of esters is 1. The molecule has 0 atom stereocenters. The molecule has 2 heterocycles. The van der Waals surface area contributed by atoms with Crippen molar-refractivity contribution in [3.05, 3.63) is 92.7 Å². The second-order valence-electron chi connectivity index (χ2n) is 8.10. The third-order valence-corrected chi connectivity index (χ3v) is 5.65. The van der Waals surface area contributed by atoms with Crippen LogP contribution in [0.5, 0.6) is 0 Å². The topological polar surface area (TPSA) is 87.2 Å². The van der Waals surface area contributed by atoms with E-state index in [0.717, 1.165) is 17.7 Å². The van der Waals surface area contributed by atoms with Crippen molar-refractivity contribution >= 4 is 17.0 Å². The molecule has 0 aliphatic heterocycles. The molecular formula is C25H22F3N3O4. The van der Waals surface area contributed by atoms with Gasteiger partial charge >= 0.3 is 12.1 Å². The first-order valence-corrected chi connectivity index (χ1v) is 10.9. The van der Waals surface area contributed by atoms with Gasteiger partial charge < -0.3 is 13.8 Å². The smallest absolute Gasteiger partial charge is 0.416 e. The van der Waals surface area contributed by atoms with Gasteiger partial charge in [-0.3, -0.25) is 9.59 Å². The molecule has 0 aliphatic carbocycles. The summed E-state index contributed by atoms with van der Waals surface area (Å²) in [7, 11) is 0. The molecule has 0 saturated carbocycles. The first-order chi connectivity index (χ1) is 16.6. The average molecular weight is 485 g/mol. The molecule has 182 valence electrons. The van der Waals surface area contributed by atoms with Gasteiger partial charge in [-0.15, -0.1) is 0 Å². The molecule has 4 rings (SSSR count). The van der Waals surface area contributed by atoms with Crippen LogP contribution in [0.1, 0.15) is 40.3 Å². The van der Waals surface area contributed by atoms with Gasteiger partial charge in [0.15, 0.2) is 0 Å². The maximum Gasteiger partial charge on any atom is 0.416 e. The van der Waals surface area contributed by atoms with Crippen LogP contribution in [-0.4, -0.2) is 20.7 Å². The lowest BCUT2D eigenvalue weighted by Crippen LogP contribution is -2.27. The highest BCUT2D eigenvalue weighted by molar-refractivity contribution is 5.76. The van der Waals surface area contributed by atoms with E-state index in [2.05, 4.69) is 10.1 Å². The SMILES string of the molecule is Cc1noc(C)c1COC(=O)CCc1nc2cc(C(F)(F)F)ccc2n(Cc2ccccc2)c1=O. The van der Waals surface area contributed by atoms with Crippen LogP contribution in [0.25, 0.3) is 11.0 Å². The van der Waals surface area contributed by atoms with Crippen LogP contribution in [0, 0.1) is 13.8 Å². The lowest BCUT2D eigenvalue weighted by Gasteiger charge is -2.14. The van der Waals surface area contributed by atoms with E-state index in [9.17, 15) is 22.8 Å². The van der Waals surface area contributed by atoms with Gasteiger partial charge in [-0.2, -0.15) is 13.2 Å². The van der Waals surface area contributed by atoms with Gasteiger partial charge in [0.2, 0.25) is 0 Å². The van der Waals surface area contributed by atoms with E-state index in [1.54, 1.807) is 26.0 Å². The average Bonchev–Trinajstić information content (AvgIpc) is 3.15. The zero-order chi connectivity index (χ0) is 25.2. The summed E-state index contributed by atoms with van der Waals surface area (Å²) < 4.78 is 51.5. The van der Waals surface area contributed by atoms with Crippen LogP contribution in [0.4, 0.5) is 13.2 Å². The normalized spacial score (nSPS) is 11.7. The Morgan fingerprint density at radius 2 is 1.86 bits per heavy atom. The Labute approximate surface area is 198 Å². The number of ether oxygens (including phenoxy) is 1. The first-order valence-electron chi connectivity index (χ1n) is 10.9. The van der Waals surface area contributed by atoms with Crippen LogP contribution < -0.4 is 5.56 Å². The Hall–Kier alpha value is -3.95. The summed E-state index contributed by atoms with van der Waals surface area (Å²) in [5, 5.41) is 3.80. The van der Waals surface area contributed by atoms with E-state index >= 15 is 0 Å². The minimum atomic E-state index is -4.56. The van der Waals surface area contributed by atoms with Crippen LogP contribution in [0.15, 0.2) is 57.8 Å². The molecule has 0 amide bonds. The minimum Gasteiger partial charge on any atom is -0.461 e. The summed E-state index contributed by atoms with van der Waals surface area (Å²) in [6.07, 6.45) is -4.81. The van der Waals surface area contributed by atoms with E-state index in [1.807, 2.05) is 18.2 Å². The van der Waals surface area contributed by atoms with Crippen molar-refractivity contribution < 1.29 is 27.2 Å². The maximum atomic E-state index is 13.3. The third-order valence-electron chi connectivity index (χ3n) is 5.65. The summed E-state index contributed by atoms with van der Waals surface area (Å²) >= 11 is 0. The molecule has 7 nitrogen and oxygen atoms in total. The number of benzene rings is 2. The fourth-order valence-electron chi connectivity index (χ4n) is 3.72. The van der Waals surface area contributed by atoms with Gasteiger partial charge in [0.25, 0.3) is 5.56 Å². The van der Waals surface area contributed by atoms with Gasteiger partial charge in [-0.05, 0) is 37.6 Å². The van der Waals surface area contributed by atoms with E-state index in [-0.39, 0.29) is 42.7 Å². The number of alkyl halides is 3. The van der Waals surface area contributed by atoms with Crippen LogP contribution in [0.2, 0.25) is 0 Å². The fourth-order valence-corrected chi connectivity index (χ4v) is 3.72. The standard InChI is InChI=1S/C25H22F3N3O4/c1-15-19(16(2)35-30-15)14-34-23(32)11-9-20-24(33)31(13-17-6-4-3-5-7-17)22-10-8-18(25(26,27)28)12-21(22)29-20/h3-8,10,12H,9,11,13-14H2,1-2H3. The summed E-state index contributed by atoms with van der Waals surface area (Å²) in [5.74, 6) is -0.0410. The highest BCUT2D eigenvalue weighted by Crippen LogP contribution is 2.31. The largest absolute Gasteiger partial charge is 0.461 e. The number of carbonyl (C=O) groups excluding carboxylic acids is 1. The first kappa shape index (κ1) is 24.2. The second kappa shape index (κ2) is 9.73. The highest BCUT2D eigenvalue weighted by Gasteiger charge is 2.31. The Bertz CT molecular complexity index is 1410. The Morgan fingerprint density at radius 1 is 1.11 bits per heavy atom. The van der Waals surface area contributed by atoms with Crippen LogP contribution >= 0.6 is 0 Å². The zero-order valence-corrected chi connectivity index (χ0v) is 19.1.